The van der Waals surface area contributed by atoms with Crippen LogP contribution in [0.1, 0.15) is 65.5 Å². The van der Waals surface area contributed by atoms with Crippen molar-refractivity contribution >= 4 is 45.0 Å². The third-order valence-corrected chi connectivity index (χ3v) is 9.74. The SMILES string of the molecule is CCc1cc2c(cc3n2CC(C(=O)NC2CCCCC2)(c2ccccc2)N(Cc2ccccc2Cl)C3=O)s1. The zero-order valence-corrected chi connectivity index (χ0v) is 23.2. The molecule has 2 aromatic carbocycles. The highest BCUT2D eigenvalue weighted by atomic mass is 35.5. The van der Waals surface area contributed by atoms with Gasteiger partial charge in [-0.15, -0.1) is 11.3 Å². The molecule has 1 aliphatic heterocycles. The zero-order chi connectivity index (χ0) is 26.3. The molecule has 2 aromatic heterocycles. The summed E-state index contributed by atoms with van der Waals surface area (Å²) in [5.74, 6) is -0.269. The van der Waals surface area contributed by atoms with Crippen LogP contribution in [0.2, 0.25) is 5.02 Å². The van der Waals surface area contributed by atoms with Crippen molar-refractivity contribution in [2.24, 2.45) is 0 Å². The van der Waals surface area contributed by atoms with Gasteiger partial charge < -0.3 is 14.8 Å². The molecule has 1 unspecified atom stereocenters. The molecule has 0 saturated heterocycles. The molecule has 6 rings (SSSR count). The van der Waals surface area contributed by atoms with Crippen molar-refractivity contribution in [3.8, 4) is 0 Å². The number of benzene rings is 2. The van der Waals surface area contributed by atoms with Gasteiger partial charge in [0.2, 0.25) is 0 Å². The van der Waals surface area contributed by atoms with Crippen LogP contribution in [0.25, 0.3) is 10.2 Å². The fourth-order valence-corrected chi connectivity index (χ4v) is 7.32. The van der Waals surface area contributed by atoms with Gasteiger partial charge in [-0.05, 0) is 48.6 Å². The van der Waals surface area contributed by atoms with Crippen molar-refractivity contribution < 1.29 is 9.59 Å². The van der Waals surface area contributed by atoms with Gasteiger partial charge >= 0.3 is 0 Å². The van der Waals surface area contributed by atoms with Crippen LogP contribution in [0.4, 0.5) is 0 Å². The smallest absolute Gasteiger partial charge is 0.272 e. The average molecular weight is 546 g/mol. The van der Waals surface area contributed by atoms with Gasteiger partial charge in [0, 0.05) is 22.5 Å². The summed E-state index contributed by atoms with van der Waals surface area (Å²) in [4.78, 5) is 32.1. The maximum Gasteiger partial charge on any atom is 0.272 e. The van der Waals surface area contributed by atoms with Crippen LogP contribution >= 0.6 is 22.9 Å². The number of hydrogen-bond donors (Lipinski definition) is 1. The van der Waals surface area contributed by atoms with Gasteiger partial charge in [-0.2, -0.15) is 0 Å². The highest BCUT2D eigenvalue weighted by molar-refractivity contribution is 7.19. The standard InChI is InChI=1S/C31H32ClN3O2S/c1-2-24-17-26-28(38-24)18-27-29(36)35(19-21-11-9-10-16-25(21)32)31(20-34(26)27,22-12-5-3-6-13-22)30(37)33-23-14-7-4-8-15-23/h3,5-6,9-13,16-18,23H,2,4,7-8,14-15,19-20H2,1H3,(H,33,37). The number of halogens is 1. The van der Waals surface area contributed by atoms with E-state index < -0.39 is 5.54 Å². The Morgan fingerprint density at radius 1 is 1.05 bits per heavy atom. The van der Waals surface area contributed by atoms with Gasteiger partial charge in [0.15, 0.2) is 5.54 Å². The molecular weight excluding hydrogens is 514 g/mol. The van der Waals surface area contributed by atoms with Crippen LogP contribution in [0, 0.1) is 0 Å². The van der Waals surface area contributed by atoms with E-state index in [9.17, 15) is 9.59 Å². The Morgan fingerprint density at radius 2 is 1.79 bits per heavy atom. The highest BCUT2D eigenvalue weighted by Crippen LogP contribution is 2.42. The molecule has 3 heterocycles. The van der Waals surface area contributed by atoms with Crippen LogP contribution < -0.4 is 5.32 Å². The van der Waals surface area contributed by atoms with E-state index >= 15 is 0 Å². The lowest BCUT2D eigenvalue weighted by molar-refractivity contribution is -0.136. The predicted octanol–water partition coefficient (Wildman–Crippen LogP) is 6.92. The van der Waals surface area contributed by atoms with Crippen molar-refractivity contribution in [1.29, 1.82) is 0 Å². The van der Waals surface area contributed by atoms with E-state index in [1.165, 1.54) is 11.3 Å². The van der Waals surface area contributed by atoms with Gasteiger partial charge in [-0.1, -0.05) is 86.3 Å². The van der Waals surface area contributed by atoms with E-state index in [1.54, 1.807) is 16.2 Å². The molecular formula is C31H32ClN3O2S. The lowest BCUT2D eigenvalue weighted by Crippen LogP contribution is -2.64. The summed E-state index contributed by atoms with van der Waals surface area (Å²) in [6.45, 7) is 2.74. The maximum atomic E-state index is 14.6. The fraction of sp³-hybridized carbons (Fsp3) is 0.355. The number of hydrogen-bond acceptors (Lipinski definition) is 3. The second kappa shape index (κ2) is 10.2. The summed E-state index contributed by atoms with van der Waals surface area (Å²) in [5, 5.41) is 3.98. The summed E-state index contributed by atoms with van der Waals surface area (Å²) >= 11 is 8.32. The minimum Gasteiger partial charge on any atom is -0.351 e. The number of aryl methyl sites for hydroxylation is 1. The third-order valence-electron chi connectivity index (χ3n) is 8.15. The summed E-state index contributed by atoms with van der Waals surface area (Å²) in [5.41, 5.74) is 2.06. The predicted molar refractivity (Wildman–Crippen MR) is 154 cm³/mol. The molecule has 2 aliphatic rings. The number of rotatable bonds is 6. The van der Waals surface area contributed by atoms with Crippen molar-refractivity contribution in [3.63, 3.8) is 0 Å². The first-order valence-electron chi connectivity index (χ1n) is 13.5. The summed E-state index contributed by atoms with van der Waals surface area (Å²) in [6, 6.07) is 21.7. The lowest BCUT2D eigenvalue weighted by Gasteiger charge is -2.47. The van der Waals surface area contributed by atoms with Crippen molar-refractivity contribution in [2.45, 2.75) is 70.1 Å². The number of amides is 2. The van der Waals surface area contributed by atoms with E-state index in [2.05, 4.69) is 22.9 Å². The molecule has 1 aliphatic carbocycles. The van der Waals surface area contributed by atoms with Gasteiger partial charge in [0.1, 0.15) is 5.69 Å². The summed E-state index contributed by atoms with van der Waals surface area (Å²) in [6.07, 6.45) is 6.31. The molecule has 1 fully saturated rings. The first-order valence-corrected chi connectivity index (χ1v) is 14.7. The number of aromatic nitrogens is 1. The van der Waals surface area contributed by atoms with E-state index in [4.69, 9.17) is 11.6 Å². The monoisotopic (exact) mass is 545 g/mol. The van der Waals surface area contributed by atoms with Crippen LogP contribution in [0.15, 0.2) is 66.7 Å². The molecule has 1 N–H and O–H groups in total. The summed E-state index contributed by atoms with van der Waals surface area (Å²) in [7, 11) is 0. The zero-order valence-electron chi connectivity index (χ0n) is 21.6. The van der Waals surface area contributed by atoms with Gasteiger partial charge in [0.25, 0.3) is 11.8 Å². The summed E-state index contributed by atoms with van der Waals surface area (Å²) < 4.78 is 3.16. The van der Waals surface area contributed by atoms with E-state index in [1.807, 2.05) is 60.7 Å². The Hall–Kier alpha value is -3.09. The minimum absolute atomic E-state index is 0.116. The molecule has 5 nitrogen and oxygen atoms in total. The van der Waals surface area contributed by atoms with Crippen LogP contribution in [0.3, 0.4) is 0 Å². The van der Waals surface area contributed by atoms with Gasteiger partial charge in [0.05, 0.1) is 16.8 Å². The Bertz CT molecular complexity index is 1490. The second-order valence-electron chi connectivity index (χ2n) is 10.4. The molecule has 0 radical (unpaired) electrons. The molecule has 1 atom stereocenters. The molecule has 0 spiro atoms. The number of thiophene rings is 1. The number of carbonyl (C=O) groups is 2. The van der Waals surface area contributed by atoms with Crippen LogP contribution in [-0.2, 0) is 29.8 Å². The van der Waals surface area contributed by atoms with E-state index in [-0.39, 0.29) is 24.4 Å². The van der Waals surface area contributed by atoms with E-state index in [0.717, 1.165) is 53.4 Å². The number of carbonyl (C=O) groups excluding carboxylic acids is 2. The van der Waals surface area contributed by atoms with Crippen LogP contribution in [-0.4, -0.2) is 27.3 Å². The minimum atomic E-state index is -1.22. The Morgan fingerprint density at radius 3 is 2.53 bits per heavy atom. The molecule has 7 heteroatoms. The largest absolute Gasteiger partial charge is 0.351 e. The van der Waals surface area contributed by atoms with Gasteiger partial charge in [-0.3, -0.25) is 9.59 Å². The van der Waals surface area contributed by atoms with Crippen LogP contribution in [0.5, 0.6) is 0 Å². The Balaban J connectivity index is 1.54. The molecule has 38 heavy (non-hydrogen) atoms. The molecule has 0 bridgehead atoms. The Kier molecular flexibility index (Phi) is 6.79. The topological polar surface area (TPSA) is 54.3 Å². The second-order valence-corrected chi connectivity index (χ2v) is 12.0. The molecule has 2 amide bonds. The first kappa shape index (κ1) is 25.2. The van der Waals surface area contributed by atoms with Crippen molar-refractivity contribution in [3.05, 3.63) is 93.5 Å². The quantitative estimate of drug-likeness (QED) is 0.286. The van der Waals surface area contributed by atoms with E-state index in [0.29, 0.717) is 17.3 Å². The normalized spacial score (nSPS) is 20.1. The molecule has 196 valence electrons. The lowest BCUT2D eigenvalue weighted by atomic mass is 9.83. The van der Waals surface area contributed by atoms with Crippen molar-refractivity contribution in [2.75, 3.05) is 0 Å². The number of fused-ring (bicyclic) bond motifs is 3. The fourth-order valence-electron chi connectivity index (χ4n) is 6.08. The molecule has 1 saturated carbocycles. The average Bonchev–Trinajstić information content (AvgIpc) is 3.50. The van der Waals surface area contributed by atoms with Crippen molar-refractivity contribution in [1.82, 2.24) is 14.8 Å². The number of nitrogens with one attached hydrogen (secondary N) is 1. The molecule has 4 aromatic rings. The number of nitrogens with zero attached hydrogens (tertiary/aromatic N) is 2. The Labute approximate surface area is 232 Å². The third kappa shape index (κ3) is 4.24. The first-order chi connectivity index (χ1) is 18.5. The highest BCUT2D eigenvalue weighted by Gasteiger charge is 2.53. The van der Waals surface area contributed by atoms with Gasteiger partial charge in [-0.25, -0.2) is 0 Å². The maximum absolute atomic E-state index is 14.6.